The molecule has 1 heterocycles. The van der Waals surface area contributed by atoms with Gasteiger partial charge in [-0.25, -0.2) is 4.39 Å². The highest BCUT2D eigenvalue weighted by molar-refractivity contribution is 5.80. The van der Waals surface area contributed by atoms with Crippen LogP contribution in [0.25, 0.3) is 0 Å². The van der Waals surface area contributed by atoms with Crippen molar-refractivity contribution in [3.05, 3.63) is 35.1 Å². The molecule has 0 bridgehead atoms. The molecule has 1 fully saturated rings. The fourth-order valence-electron chi connectivity index (χ4n) is 2.59. The Morgan fingerprint density at radius 1 is 1.48 bits per heavy atom. The van der Waals surface area contributed by atoms with Crippen molar-refractivity contribution < 1.29 is 9.13 Å². The van der Waals surface area contributed by atoms with E-state index in [1.807, 2.05) is 26.0 Å². The third-order valence-electron chi connectivity index (χ3n) is 4.31. The number of aliphatic imine (C=N–C) groups is 1. The molecule has 5 heteroatoms. The standard InChI is InChI=1S/C18H28FN3O/c1-5-20-17(21-11-18(4)8-9-23-12-18)22-14(3)15-7-6-13(2)16(19)10-15/h6-7,10,14H,5,8-9,11-12H2,1-4H3,(H2,20,21,22). The van der Waals surface area contributed by atoms with E-state index in [0.29, 0.717) is 5.56 Å². The Labute approximate surface area is 138 Å². The minimum absolute atomic E-state index is 0.0180. The number of nitrogens with one attached hydrogen (secondary N) is 2. The van der Waals surface area contributed by atoms with Crippen molar-refractivity contribution in [2.75, 3.05) is 26.3 Å². The van der Waals surface area contributed by atoms with Crippen molar-refractivity contribution in [1.29, 1.82) is 0 Å². The second kappa shape index (κ2) is 7.77. The fraction of sp³-hybridized carbons (Fsp3) is 0.611. The van der Waals surface area contributed by atoms with Crippen LogP contribution in [-0.4, -0.2) is 32.3 Å². The molecule has 1 aliphatic rings. The van der Waals surface area contributed by atoms with Crippen molar-refractivity contribution in [3.8, 4) is 0 Å². The second-order valence-electron chi connectivity index (χ2n) is 6.68. The average molecular weight is 321 g/mol. The molecular weight excluding hydrogens is 293 g/mol. The number of ether oxygens (including phenoxy) is 1. The summed E-state index contributed by atoms with van der Waals surface area (Å²) in [6.07, 6.45) is 1.04. The van der Waals surface area contributed by atoms with Gasteiger partial charge in [0.1, 0.15) is 5.82 Å². The van der Waals surface area contributed by atoms with E-state index in [1.54, 1.807) is 13.0 Å². The molecule has 0 amide bonds. The number of halogens is 1. The van der Waals surface area contributed by atoms with E-state index in [4.69, 9.17) is 9.73 Å². The molecule has 0 radical (unpaired) electrons. The number of guanidine groups is 1. The molecule has 0 saturated carbocycles. The highest BCUT2D eigenvalue weighted by Crippen LogP contribution is 2.27. The van der Waals surface area contributed by atoms with E-state index in [9.17, 15) is 4.39 Å². The normalized spacial score (nSPS) is 22.9. The van der Waals surface area contributed by atoms with Gasteiger partial charge in [0, 0.05) is 18.6 Å². The predicted octanol–water partition coefficient (Wildman–Crippen LogP) is 3.18. The zero-order chi connectivity index (χ0) is 16.9. The Hall–Kier alpha value is -1.62. The Kier molecular flexibility index (Phi) is 5.99. The summed E-state index contributed by atoms with van der Waals surface area (Å²) in [5, 5.41) is 6.61. The van der Waals surface area contributed by atoms with Gasteiger partial charge in [-0.3, -0.25) is 4.99 Å². The van der Waals surface area contributed by atoms with Crippen molar-refractivity contribution in [1.82, 2.24) is 10.6 Å². The van der Waals surface area contributed by atoms with Crippen LogP contribution in [0.2, 0.25) is 0 Å². The highest BCUT2D eigenvalue weighted by Gasteiger charge is 2.29. The molecule has 2 rings (SSSR count). The van der Waals surface area contributed by atoms with Crippen molar-refractivity contribution in [2.45, 2.75) is 40.2 Å². The summed E-state index contributed by atoms with van der Waals surface area (Å²) in [6, 6.07) is 5.33. The summed E-state index contributed by atoms with van der Waals surface area (Å²) in [5.41, 5.74) is 1.69. The minimum Gasteiger partial charge on any atom is -0.381 e. The van der Waals surface area contributed by atoms with Crippen LogP contribution in [0.4, 0.5) is 4.39 Å². The van der Waals surface area contributed by atoms with E-state index in [2.05, 4.69) is 17.6 Å². The first-order valence-corrected chi connectivity index (χ1v) is 8.32. The fourth-order valence-corrected chi connectivity index (χ4v) is 2.59. The maximum atomic E-state index is 13.7. The topological polar surface area (TPSA) is 45.7 Å². The van der Waals surface area contributed by atoms with E-state index < -0.39 is 0 Å². The van der Waals surface area contributed by atoms with E-state index in [-0.39, 0.29) is 17.3 Å². The molecule has 128 valence electrons. The van der Waals surface area contributed by atoms with Crippen molar-refractivity contribution in [2.24, 2.45) is 10.4 Å². The van der Waals surface area contributed by atoms with Gasteiger partial charge in [-0.1, -0.05) is 19.1 Å². The number of rotatable bonds is 5. The molecule has 1 aromatic carbocycles. The van der Waals surface area contributed by atoms with Crippen LogP contribution in [0.5, 0.6) is 0 Å². The van der Waals surface area contributed by atoms with Crippen LogP contribution in [-0.2, 0) is 4.74 Å². The Morgan fingerprint density at radius 3 is 2.87 bits per heavy atom. The van der Waals surface area contributed by atoms with Gasteiger partial charge >= 0.3 is 0 Å². The Morgan fingerprint density at radius 2 is 2.26 bits per heavy atom. The van der Waals surface area contributed by atoms with E-state index in [0.717, 1.165) is 44.2 Å². The first-order chi connectivity index (χ1) is 10.9. The average Bonchev–Trinajstić information content (AvgIpc) is 2.95. The lowest BCUT2D eigenvalue weighted by molar-refractivity contribution is 0.163. The van der Waals surface area contributed by atoms with Gasteiger partial charge < -0.3 is 15.4 Å². The lowest BCUT2D eigenvalue weighted by Crippen LogP contribution is -2.39. The predicted molar refractivity (Wildman–Crippen MR) is 92.2 cm³/mol. The van der Waals surface area contributed by atoms with Crippen LogP contribution in [0.3, 0.4) is 0 Å². The number of benzene rings is 1. The summed E-state index contributed by atoms with van der Waals surface area (Å²) in [4.78, 5) is 4.69. The number of nitrogens with zero attached hydrogens (tertiary/aromatic N) is 1. The van der Waals surface area contributed by atoms with E-state index in [1.165, 1.54) is 0 Å². The third kappa shape index (κ3) is 4.93. The second-order valence-corrected chi connectivity index (χ2v) is 6.68. The molecule has 1 saturated heterocycles. The molecule has 1 aromatic rings. The molecule has 0 aromatic heterocycles. The molecular formula is C18H28FN3O. The maximum absolute atomic E-state index is 13.7. The van der Waals surface area contributed by atoms with Crippen LogP contribution < -0.4 is 10.6 Å². The smallest absolute Gasteiger partial charge is 0.191 e. The third-order valence-corrected chi connectivity index (χ3v) is 4.31. The zero-order valence-corrected chi connectivity index (χ0v) is 14.6. The lowest BCUT2D eigenvalue weighted by Gasteiger charge is -2.22. The first kappa shape index (κ1) is 17.7. The highest BCUT2D eigenvalue weighted by atomic mass is 19.1. The van der Waals surface area contributed by atoms with Gasteiger partial charge in [-0.05, 0) is 44.4 Å². The van der Waals surface area contributed by atoms with Gasteiger partial charge in [0.05, 0.1) is 19.2 Å². The summed E-state index contributed by atoms with van der Waals surface area (Å²) >= 11 is 0. The lowest BCUT2D eigenvalue weighted by atomic mass is 9.90. The Bertz CT molecular complexity index is 553. The van der Waals surface area contributed by atoms with Crippen LogP contribution in [0.1, 0.15) is 44.4 Å². The molecule has 0 aliphatic carbocycles. The Balaban J connectivity index is 2.03. The summed E-state index contributed by atoms with van der Waals surface area (Å²) in [5.74, 6) is 0.586. The summed E-state index contributed by atoms with van der Waals surface area (Å²) in [7, 11) is 0. The molecule has 0 spiro atoms. The zero-order valence-electron chi connectivity index (χ0n) is 14.6. The van der Waals surface area contributed by atoms with Gasteiger partial charge in [-0.15, -0.1) is 0 Å². The summed E-state index contributed by atoms with van der Waals surface area (Å²) < 4.78 is 19.2. The van der Waals surface area contributed by atoms with Crippen LogP contribution in [0, 0.1) is 18.2 Å². The molecule has 2 atom stereocenters. The first-order valence-electron chi connectivity index (χ1n) is 8.32. The summed E-state index contributed by atoms with van der Waals surface area (Å²) in [6.45, 7) is 11.1. The molecule has 2 N–H and O–H groups in total. The molecule has 4 nitrogen and oxygen atoms in total. The van der Waals surface area contributed by atoms with E-state index >= 15 is 0 Å². The minimum atomic E-state index is -0.172. The molecule has 2 unspecified atom stereocenters. The van der Waals surface area contributed by atoms with Gasteiger partial charge in [0.2, 0.25) is 0 Å². The van der Waals surface area contributed by atoms with Gasteiger partial charge in [0.25, 0.3) is 0 Å². The largest absolute Gasteiger partial charge is 0.381 e. The quantitative estimate of drug-likeness (QED) is 0.647. The number of aryl methyl sites for hydroxylation is 1. The van der Waals surface area contributed by atoms with Crippen LogP contribution >= 0.6 is 0 Å². The van der Waals surface area contributed by atoms with Gasteiger partial charge in [0.15, 0.2) is 5.96 Å². The van der Waals surface area contributed by atoms with Crippen molar-refractivity contribution in [3.63, 3.8) is 0 Å². The number of hydrogen-bond acceptors (Lipinski definition) is 2. The van der Waals surface area contributed by atoms with Crippen molar-refractivity contribution >= 4 is 5.96 Å². The molecule has 23 heavy (non-hydrogen) atoms. The number of hydrogen-bond donors (Lipinski definition) is 2. The maximum Gasteiger partial charge on any atom is 0.191 e. The van der Waals surface area contributed by atoms with Gasteiger partial charge in [-0.2, -0.15) is 0 Å². The monoisotopic (exact) mass is 321 g/mol. The SMILES string of the molecule is CCNC(=NCC1(C)CCOC1)NC(C)c1ccc(C)c(F)c1. The molecule has 1 aliphatic heterocycles. The van der Waals surface area contributed by atoms with Crippen LogP contribution in [0.15, 0.2) is 23.2 Å².